The van der Waals surface area contributed by atoms with E-state index in [2.05, 4.69) is 31.3 Å². The monoisotopic (exact) mass is 300 g/mol. The van der Waals surface area contributed by atoms with Gasteiger partial charge in [-0.05, 0) is 25.1 Å². The normalized spacial score (nSPS) is 11.9. The fraction of sp³-hybridized carbons (Fsp3) is 0.200. The van der Waals surface area contributed by atoms with E-state index < -0.39 is 6.03 Å². The van der Waals surface area contributed by atoms with Crippen LogP contribution in [0.2, 0.25) is 10.0 Å². The molecule has 1 aromatic heterocycles. The third kappa shape index (κ3) is 3.55. The van der Waals surface area contributed by atoms with Crippen molar-refractivity contribution in [3.05, 3.63) is 34.1 Å². The van der Waals surface area contributed by atoms with Crippen LogP contribution in [0.1, 0.15) is 18.8 Å². The molecule has 1 aromatic carbocycles. The smallest absolute Gasteiger partial charge is 0.319 e. The lowest BCUT2D eigenvalue weighted by atomic mass is 10.3. The third-order valence-corrected chi connectivity index (χ3v) is 3.01. The maximum Gasteiger partial charge on any atom is 0.319 e. The highest BCUT2D eigenvalue weighted by Crippen LogP contribution is 2.24. The van der Waals surface area contributed by atoms with Crippen LogP contribution in [0.3, 0.4) is 0 Å². The second kappa shape index (κ2) is 5.85. The van der Waals surface area contributed by atoms with Gasteiger partial charge in [0.25, 0.3) is 0 Å². The van der Waals surface area contributed by atoms with E-state index in [4.69, 9.17) is 23.2 Å². The number of hydrogen-bond donors (Lipinski definition) is 3. The number of carbonyl (C=O) groups excluding carboxylic acids is 1. The van der Waals surface area contributed by atoms with Gasteiger partial charge in [0.05, 0.1) is 16.1 Å². The van der Waals surface area contributed by atoms with Crippen molar-refractivity contribution in [1.29, 1.82) is 0 Å². The molecule has 1 heterocycles. The Hall–Kier alpha value is -1.86. The van der Waals surface area contributed by atoms with Crippen LogP contribution < -0.4 is 10.6 Å². The minimum absolute atomic E-state index is 0.366. The van der Waals surface area contributed by atoms with Crippen LogP contribution >= 0.6 is 23.2 Å². The van der Waals surface area contributed by atoms with Gasteiger partial charge in [-0.3, -0.25) is 0 Å². The van der Waals surface area contributed by atoms with E-state index in [1.54, 1.807) is 25.1 Å². The van der Waals surface area contributed by atoms with E-state index >= 15 is 0 Å². The summed E-state index contributed by atoms with van der Waals surface area (Å²) in [5.41, 5.74) is 0.534. The molecule has 19 heavy (non-hydrogen) atoms. The number of nitrogens with zero attached hydrogens (tertiary/aromatic N) is 3. The van der Waals surface area contributed by atoms with E-state index in [1.165, 1.54) is 0 Å². The summed E-state index contributed by atoms with van der Waals surface area (Å²) in [6, 6.07) is 4.02. The zero-order valence-corrected chi connectivity index (χ0v) is 11.3. The van der Waals surface area contributed by atoms with Crippen LogP contribution in [0, 0.1) is 0 Å². The maximum absolute atomic E-state index is 11.7. The molecule has 1 unspecified atom stereocenters. The fourth-order valence-electron chi connectivity index (χ4n) is 1.36. The average Bonchev–Trinajstić information content (AvgIpc) is 2.87. The Kier molecular flexibility index (Phi) is 4.18. The topological polar surface area (TPSA) is 95.6 Å². The highest BCUT2D eigenvalue weighted by molar-refractivity contribution is 6.42. The lowest BCUT2D eigenvalue weighted by Gasteiger charge is -2.11. The molecule has 1 atom stereocenters. The Morgan fingerprint density at radius 3 is 2.79 bits per heavy atom. The predicted molar refractivity (Wildman–Crippen MR) is 71.2 cm³/mol. The zero-order valence-electron chi connectivity index (χ0n) is 9.82. The molecule has 7 nitrogen and oxygen atoms in total. The standard InChI is InChI=1S/C10H10Cl2N6O/c1-5(9-15-17-18-16-9)13-10(19)14-6-2-3-7(11)8(12)4-6/h2-5H,1H3,(H2,13,14,19)(H,15,16,17,18). The number of anilines is 1. The third-order valence-electron chi connectivity index (χ3n) is 2.27. The molecule has 0 aliphatic carbocycles. The van der Waals surface area contributed by atoms with Gasteiger partial charge in [0.2, 0.25) is 0 Å². The van der Waals surface area contributed by atoms with Gasteiger partial charge < -0.3 is 10.6 Å². The number of rotatable bonds is 3. The minimum Gasteiger partial charge on any atom is -0.328 e. The van der Waals surface area contributed by atoms with Crippen molar-refractivity contribution in [3.63, 3.8) is 0 Å². The number of hydrogen-bond acceptors (Lipinski definition) is 4. The first-order valence-corrected chi connectivity index (χ1v) is 6.08. The number of tetrazole rings is 1. The fourth-order valence-corrected chi connectivity index (χ4v) is 1.65. The Morgan fingerprint density at radius 1 is 1.37 bits per heavy atom. The Labute approximate surface area is 118 Å². The van der Waals surface area contributed by atoms with Gasteiger partial charge in [-0.2, -0.15) is 5.21 Å². The van der Waals surface area contributed by atoms with Crippen molar-refractivity contribution in [3.8, 4) is 0 Å². The summed E-state index contributed by atoms with van der Waals surface area (Å²) < 4.78 is 0. The van der Waals surface area contributed by atoms with E-state index in [0.717, 1.165) is 0 Å². The van der Waals surface area contributed by atoms with Crippen LogP contribution in [0.5, 0.6) is 0 Å². The van der Waals surface area contributed by atoms with Crippen LogP contribution in [-0.2, 0) is 0 Å². The second-order valence-electron chi connectivity index (χ2n) is 3.72. The summed E-state index contributed by atoms with van der Waals surface area (Å²) in [5.74, 6) is 0.393. The van der Waals surface area contributed by atoms with Crippen molar-refractivity contribution < 1.29 is 4.79 Å². The largest absolute Gasteiger partial charge is 0.328 e. The van der Waals surface area contributed by atoms with E-state index in [0.29, 0.717) is 21.6 Å². The van der Waals surface area contributed by atoms with Crippen molar-refractivity contribution >= 4 is 34.9 Å². The van der Waals surface area contributed by atoms with Crippen molar-refractivity contribution in [2.24, 2.45) is 0 Å². The lowest BCUT2D eigenvalue weighted by Crippen LogP contribution is -2.31. The molecule has 9 heteroatoms. The Bertz CT molecular complexity index is 573. The van der Waals surface area contributed by atoms with E-state index in [1.807, 2.05) is 0 Å². The van der Waals surface area contributed by atoms with Gasteiger partial charge in [0, 0.05) is 5.69 Å². The number of aromatic nitrogens is 4. The number of benzene rings is 1. The number of halogens is 2. The number of aromatic amines is 1. The molecule has 100 valence electrons. The first kappa shape index (κ1) is 13.6. The minimum atomic E-state index is -0.407. The van der Waals surface area contributed by atoms with Gasteiger partial charge in [-0.25, -0.2) is 4.79 Å². The van der Waals surface area contributed by atoms with Crippen LogP contribution in [0.4, 0.5) is 10.5 Å². The summed E-state index contributed by atoms with van der Waals surface area (Å²) in [5, 5.41) is 19.3. The van der Waals surface area contributed by atoms with Gasteiger partial charge in [0.1, 0.15) is 0 Å². The maximum atomic E-state index is 11.7. The summed E-state index contributed by atoms with van der Waals surface area (Å²) in [6.07, 6.45) is 0. The first-order chi connectivity index (χ1) is 9.06. The number of amides is 2. The van der Waals surface area contributed by atoms with Gasteiger partial charge in [0.15, 0.2) is 5.82 Å². The molecule has 0 saturated carbocycles. The number of H-pyrrole nitrogens is 1. The molecule has 0 aliphatic heterocycles. The van der Waals surface area contributed by atoms with Gasteiger partial charge in [-0.15, -0.1) is 10.2 Å². The molecular formula is C10H10Cl2N6O. The molecule has 0 saturated heterocycles. The van der Waals surface area contributed by atoms with E-state index in [9.17, 15) is 4.79 Å². The van der Waals surface area contributed by atoms with Crippen molar-refractivity contribution in [2.45, 2.75) is 13.0 Å². The molecule has 0 aliphatic rings. The summed E-state index contributed by atoms with van der Waals surface area (Å²) in [7, 11) is 0. The number of urea groups is 1. The predicted octanol–water partition coefficient (Wildman–Crippen LogP) is 2.39. The molecule has 3 N–H and O–H groups in total. The Balaban J connectivity index is 1.95. The van der Waals surface area contributed by atoms with Crippen molar-refractivity contribution in [1.82, 2.24) is 25.9 Å². The Morgan fingerprint density at radius 2 is 2.16 bits per heavy atom. The van der Waals surface area contributed by atoms with Crippen LogP contribution in [0.25, 0.3) is 0 Å². The molecule has 0 fully saturated rings. The van der Waals surface area contributed by atoms with Crippen LogP contribution in [-0.4, -0.2) is 26.7 Å². The molecule has 0 spiro atoms. The van der Waals surface area contributed by atoms with Crippen LogP contribution in [0.15, 0.2) is 18.2 Å². The van der Waals surface area contributed by atoms with Gasteiger partial charge in [-0.1, -0.05) is 28.4 Å². The zero-order chi connectivity index (χ0) is 13.8. The number of nitrogens with one attached hydrogen (secondary N) is 3. The summed E-state index contributed by atoms with van der Waals surface area (Å²) in [4.78, 5) is 11.7. The van der Waals surface area contributed by atoms with E-state index in [-0.39, 0.29) is 6.04 Å². The molecule has 0 bridgehead atoms. The summed E-state index contributed by atoms with van der Waals surface area (Å²) in [6.45, 7) is 1.74. The molecule has 2 aromatic rings. The number of carbonyl (C=O) groups is 1. The average molecular weight is 301 g/mol. The SMILES string of the molecule is CC(NC(=O)Nc1ccc(Cl)c(Cl)c1)c1nn[nH]n1. The van der Waals surface area contributed by atoms with Crippen molar-refractivity contribution in [2.75, 3.05) is 5.32 Å². The second-order valence-corrected chi connectivity index (χ2v) is 4.53. The lowest BCUT2D eigenvalue weighted by molar-refractivity contribution is 0.249. The first-order valence-electron chi connectivity index (χ1n) is 5.32. The molecule has 0 radical (unpaired) electrons. The van der Waals surface area contributed by atoms with Gasteiger partial charge >= 0.3 is 6.03 Å². The highest BCUT2D eigenvalue weighted by atomic mass is 35.5. The highest BCUT2D eigenvalue weighted by Gasteiger charge is 2.13. The quantitative estimate of drug-likeness (QED) is 0.811. The molecular weight excluding hydrogens is 291 g/mol. The molecule has 2 amide bonds. The molecule has 2 rings (SSSR count). The summed E-state index contributed by atoms with van der Waals surface area (Å²) >= 11 is 11.6.